The number of para-hydroxylation sites is 1. The number of carbonyl (C=O) groups excluding carboxylic acids is 1. The molecule has 1 heterocycles. The quantitative estimate of drug-likeness (QED) is 0.866. The van der Waals surface area contributed by atoms with Gasteiger partial charge in [-0.05, 0) is 37.1 Å². The molecule has 0 aliphatic rings. The molecule has 2 aromatic rings. The third kappa shape index (κ3) is 4.17. The summed E-state index contributed by atoms with van der Waals surface area (Å²) in [6.07, 6.45) is 3.54. The van der Waals surface area contributed by atoms with E-state index in [2.05, 4.69) is 5.32 Å². The van der Waals surface area contributed by atoms with Crippen molar-refractivity contribution in [1.29, 1.82) is 0 Å². The van der Waals surface area contributed by atoms with Crippen molar-refractivity contribution in [3.05, 3.63) is 54.5 Å². The maximum absolute atomic E-state index is 11.8. The summed E-state index contributed by atoms with van der Waals surface area (Å²) < 4.78 is 10.5. The number of hydrogen-bond donors (Lipinski definition) is 1. The third-order valence-corrected chi connectivity index (χ3v) is 2.72. The first-order valence-electron chi connectivity index (χ1n) is 6.26. The summed E-state index contributed by atoms with van der Waals surface area (Å²) in [6, 6.07) is 11.2. The fourth-order valence-corrected chi connectivity index (χ4v) is 1.67. The van der Waals surface area contributed by atoms with Crippen LogP contribution in [0.3, 0.4) is 0 Å². The molecule has 0 unspecified atom stereocenters. The van der Waals surface area contributed by atoms with Gasteiger partial charge in [0, 0.05) is 6.54 Å². The number of nitrogens with one attached hydrogen (secondary N) is 1. The zero-order valence-corrected chi connectivity index (χ0v) is 10.8. The number of hydrogen-bond acceptors (Lipinski definition) is 3. The molecule has 2 rings (SSSR count). The first-order valence-corrected chi connectivity index (χ1v) is 6.26. The fraction of sp³-hybridized carbons (Fsp3) is 0.267. The minimum absolute atomic E-state index is 0.118. The summed E-state index contributed by atoms with van der Waals surface area (Å²) in [4.78, 5) is 11.8. The van der Waals surface area contributed by atoms with Crippen molar-refractivity contribution in [1.82, 2.24) is 5.32 Å². The second-order valence-corrected chi connectivity index (χ2v) is 4.25. The van der Waals surface area contributed by atoms with Gasteiger partial charge in [-0.3, -0.25) is 4.79 Å². The molecule has 0 fully saturated rings. The SMILES string of the molecule is C[C@H](Oc1ccccc1)C(=O)NCCc1ccoc1. The van der Waals surface area contributed by atoms with Gasteiger partial charge in [-0.2, -0.15) is 0 Å². The Kier molecular flexibility index (Phi) is 4.61. The van der Waals surface area contributed by atoms with Crippen LogP contribution < -0.4 is 10.1 Å². The second-order valence-electron chi connectivity index (χ2n) is 4.25. The predicted octanol–water partition coefficient (Wildman–Crippen LogP) is 2.41. The largest absolute Gasteiger partial charge is 0.481 e. The van der Waals surface area contributed by atoms with Gasteiger partial charge in [-0.25, -0.2) is 0 Å². The molecular formula is C15H17NO3. The summed E-state index contributed by atoms with van der Waals surface area (Å²) in [5.74, 6) is 0.576. The molecule has 100 valence electrons. The van der Waals surface area contributed by atoms with Crippen molar-refractivity contribution in [3.8, 4) is 5.75 Å². The number of benzene rings is 1. The highest BCUT2D eigenvalue weighted by Crippen LogP contribution is 2.10. The summed E-state index contributed by atoms with van der Waals surface area (Å²) in [6.45, 7) is 2.31. The molecule has 0 aliphatic heterocycles. The molecule has 0 spiro atoms. The van der Waals surface area contributed by atoms with E-state index in [1.54, 1.807) is 19.5 Å². The summed E-state index contributed by atoms with van der Waals surface area (Å²) in [5, 5.41) is 2.84. The molecule has 19 heavy (non-hydrogen) atoms. The first kappa shape index (κ1) is 13.2. The van der Waals surface area contributed by atoms with Crippen LogP contribution in [0.25, 0.3) is 0 Å². The molecule has 0 radical (unpaired) electrons. The van der Waals surface area contributed by atoms with Crippen molar-refractivity contribution in [2.45, 2.75) is 19.4 Å². The van der Waals surface area contributed by atoms with E-state index in [1.165, 1.54) is 0 Å². The normalized spacial score (nSPS) is 11.8. The van der Waals surface area contributed by atoms with E-state index in [1.807, 2.05) is 36.4 Å². The van der Waals surface area contributed by atoms with Crippen LogP contribution in [0.1, 0.15) is 12.5 Å². The average Bonchev–Trinajstić information content (AvgIpc) is 2.93. The highest BCUT2D eigenvalue weighted by Gasteiger charge is 2.13. The van der Waals surface area contributed by atoms with Crippen molar-refractivity contribution in [3.63, 3.8) is 0 Å². The predicted molar refractivity (Wildman–Crippen MR) is 72.0 cm³/mol. The molecule has 1 N–H and O–H groups in total. The van der Waals surface area contributed by atoms with Crippen LogP contribution in [0.5, 0.6) is 5.75 Å². The Morgan fingerprint density at radius 3 is 2.79 bits per heavy atom. The standard InChI is InChI=1S/C15H17NO3/c1-12(19-14-5-3-2-4-6-14)15(17)16-9-7-13-8-10-18-11-13/h2-6,8,10-12H,7,9H2,1H3,(H,16,17)/t12-/m0/s1. The lowest BCUT2D eigenvalue weighted by molar-refractivity contribution is -0.127. The molecule has 1 atom stereocenters. The molecule has 0 saturated heterocycles. The van der Waals surface area contributed by atoms with E-state index in [9.17, 15) is 4.79 Å². The van der Waals surface area contributed by atoms with Gasteiger partial charge >= 0.3 is 0 Å². The van der Waals surface area contributed by atoms with E-state index in [0.717, 1.165) is 12.0 Å². The third-order valence-electron chi connectivity index (χ3n) is 2.72. The van der Waals surface area contributed by atoms with Gasteiger partial charge in [-0.15, -0.1) is 0 Å². The maximum atomic E-state index is 11.8. The van der Waals surface area contributed by atoms with Crippen LogP contribution >= 0.6 is 0 Å². The molecule has 0 bridgehead atoms. The van der Waals surface area contributed by atoms with E-state index >= 15 is 0 Å². The van der Waals surface area contributed by atoms with Crippen molar-refractivity contribution < 1.29 is 13.9 Å². The van der Waals surface area contributed by atoms with E-state index in [-0.39, 0.29) is 5.91 Å². The molecule has 4 nitrogen and oxygen atoms in total. The number of ether oxygens (including phenoxy) is 1. The van der Waals surface area contributed by atoms with Crippen molar-refractivity contribution in [2.75, 3.05) is 6.54 Å². The lowest BCUT2D eigenvalue weighted by Crippen LogP contribution is -2.37. The lowest BCUT2D eigenvalue weighted by Gasteiger charge is -2.14. The monoisotopic (exact) mass is 259 g/mol. The smallest absolute Gasteiger partial charge is 0.260 e. The highest BCUT2D eigenvalue weighted by molar-refractivity contribution is 5.80. The first-order chi connectivity index (χ1) is 9.25. The Labute approximate surface area is 112 Å². The van der Waals surface area contributed by atoms with Gasteiger partial charge in [0.2, 0.25) is 0 Å². The number of rotatable bonds is 6. The van der Waals surface area contributed by atoms with Gasteiger partial charge in [0.05, 0.1) is 12.5 Å². The molecule has 1 aromatic heterocycles. The zero-order chi connectivity index (χ0) is 13.5. The van der Waals surface area contributed by atoms with E-state index < -0.39 is 6.10 Å². The zero-order valence-electron chi connectivity index (χ0n) is 10.8. The maximum Gasteiger partial charge on any atom is 0.260 e. The Morgan fingerprint density at radius 2 is 2.11 bits per heavy atom. The summed E-state index contributed by atoms with van der Waals surface area (Å²) in [7, 11) is 0. The van der Waals surface area contributed by atoms with Gasteiger partial charge in [0.1, 0.15) is 5.75 Å². The van der Waals surface area contributed by atoms with Crippen molar-refractivity contribution in [2.24, 2.45) is 0 Å². The molecular weight excluding hydrogens is 242 g/mol. The van der Waals surface area contributed by atoms with Gasteiger partial charge < -0.3 is 14.5 Å². The van der Waals surface area contributed by atoms with Crippen LogP contribution in [0.4, 0.5) is 0 Å². The average molecular weight is 259 g/mol. The van der Waals surface area contributed by atoms with Crippen LogP contribution in [0.15, 0.2) is 53.3 Å². The number of furan rings is 1. The minimum atomic E-state index is -0.508. The van der Waals surface area contributed by atoms with Gasteiger partial charge in [0.15, 0.2) is 6.10 Å². The van der Waals surface area contributed by atoms with Crippen molar-refractivity contribution >= 4 is 5.91 Å². The van der Waals surface area contributed by atoms with Gasteiger partial charge in [0.25, 0.3) is 5.91 Å². The summed E-state index contributed by atoms with van der Waals surface area (Å²) in [5.41, 5.74) is 1.07. The number of amides is 1. The van der Waals surface area contributed by atoms with Gasteiger partial charge in [-0.1, -0.05) is 18.2 Å². The van der Waals surface area contributed by atoms with Crippen LogP contribution in [-0.4, -0.2) is 18.6 Å². The van der Waals surface area contributed by atoms with E-state index in [4.69, 9.17) is 9.15 Å². The molecule has 4 heteroatoms. The molecule has 0 aliphatic carbocycles. The second kappa shape index (κ2) is 6.64. The molecule has 0 saturated carbocycles. The summed E-state index contributed by atoms with van der Waals surface area (Å²) >= 11 is 0. The highest BCUT2D eigenvalue weighted by atomic mass is 16.5. The topological polar surface area (TPSA) is 51.5 Å². The van der Waals surface area contributed by atoms with E-state index in [0.29, 0.717) is 12.3 Å². The lowest BCUT2D eigenvalue weighted by atomic mass is 10.2. The van der Waals surface area contributed by atoms with Crippen LogP contribution in [-0.2, 0) is 11.2 Å². The Morgan fingerprint density at radius 1 is 1.32 bits per heavy atom. The Hall–Kier alpha value is -2.23. The number of carbonyl (C=O) groups is 1. The van der Waals surface area contributed by atoms with Crippen LogP contribution in [0.2, 0.25) is 0 Å². The minimum Gasteiger partial charge on any atom is -0.481 e. The molecule has 1 amide bonds. The molecule has 1 aromatic carbocycles. The Bertz CT molecular complexity index is 493. The Balaban J connectivity index is 1.73. The van der Waals surface area contributed by atoms with Crippen LogP contribution in [0, 0.1) is 0 Å². The fourth-order valence-electron chi connectivity index (χ4n) is 1.67.